The maximum atomic E-state index is 12.7. The Labute approximate surface area is 206 Å². The Hall–Kier alpha value is -4.06. The fourth-order valence-corrected chi connectivity index (χ4v) is 4.01. The van der Waals surface area contributed by atoms with Gasteiger partial charge in [-0.1, -0.05) is 24.3 Å². The highest BCUT2D eigenvalue weighted by Crippen LogP contribution is 2.32. The first-order chi connectivity index (χ1) is 17.0. The molecule has 3 aromatic carbocycles. The van der Waals surface area contributed by atoms with Crippen LogP contribution >= 0.6 is 0 Å². The van der Waals surface area contributed by atoms with Gasteiger partial charge in [-0.25, -0.2) is 8.42 Å². The van der Waals surface area contributed by atoms with Crippen molar-refractivity contribution in [3.63, 3.8) is 0 Å². The molecule has 4 N–H and O–H groups in total. The van der Waals surface area contributed by atoms with Gasteiger partial charge in [-0.15, -0.1) is 0 Å². The molecule has 36 heavy (non-hydrogen) atoms. The Morgan fingerprint density at radius 3 is 2.06 bits per heavy atom. The second-order valence-electron chi connectivity index (χ2n) is 7.74. The molecule has 0 unspecified atom stereocenters. The molecule has 0 aromatic heterocycles. The highest BCUT2D eigenvalue weighted by molar-refractivity contribution is 7.74. The van der Waals surface area contributed by atoms with Gasteiger partial charge in [0.25, 0.3) is 5.91 Å². The van der Waals surface area contributed by atoms with Crippen LogP contribution in [0.2, 0.25) is 0 Å². The van der Waals surface area contributed by atoms with Crippen molar-refractivity contribution < 1.29 is 36.3 Å². The average molecular weight is 522 g/mol. The van der Waals surface area contributed by atoms with E-state index in [1.165, 1.54) is 42.5 Å². The van der Waals surface area contributed by atoms with Crippen molar-refractivity contribution in [2.45, 2.75) is 19.0 Å². The fraction of sp³-hybridized carbons (Fsp3) is 0.167. The topological polar surface area (TPSA) is 130 Å². The van der Waals surface area contributed by atoms with Crippen LogP contribution in [0.1, 0.15) is 28.8 Å². The summed E-state index contributed by atoms with van der Waals surface area (Å²) < 4.78 is 62.5. The Balaban J connectivity index is 1.74. The van der Waals surface area contributed by atoms with Crippen molar-refractivity contribution in [1.29, 1.82) is 0 Å². The number of halogens is 3. The van der Waals surface area contributed by atoms with E-state index in [-0.39, 0.29) is 42.1 Å². The minimum Gasteiger partial charge on any atom is -0.506 e. The lowest BCUT2D eigenvalue weighted by Crippen LogP contribution is -2.24. The Morgan fingerprint density at radius 1 is 0.944 bits per heavy atom. The fourth-order valence-electron chi connectivity index (χ4n) is 3.37. The number of nitrogens with two attached hydrogens (primary N) is 1. The number of nitrogens with one attached hydrogen (secondary N) is 1. The monoisotopic (exact) mass is 521 g/mol. The minimum absolute atomic E-state index is 0.0423. The van der Waals surface area contributed by atoms with Gasteiger partial charge in [-0.3, -0.25) is 13.9 Å². The van der Waals surface area contributed by atoms with Gasteiger partial charge in [0.1, 0.15) is 5.75 Å². The Bertz CT molecular complexity index is 1320. The second-order valence-corrected chi connectivity index (χ2v) is 8.70. The molecular weight excluding hydrogens is 499 g/mol. The summed E-state index contributed by atoms with van der Waals surface area (Å²) in [6.45, 7) is -0.0992. The number of phenolic OH excluding ortho intramolecular Hbond substituents is 1. The number of aromatic hydroxyl groups is 1. The molecular formula is C24H22F3N3O5S. The lowest BCUT2D eigenvalue weighted by Gasteiger charge is -2.19. The molecule has 8 nitrogen and oxygen atoms in total. The number of nitrogens with zero attached hydrogens (tertiary/aromatic N) is 1. The maximum absolute atomic E-state index is 12.7. The molecule has 0 aliphatic heterocycles. The first-order valence-electron chi connectivity index (χ1n) is 10.6. The van der Waals surface area contributed by atoms with Gasteiger partial charge in [0.15, 0.2) is 0 Å². The van der Waals surface area contributed by atoms with Crippen LogP contribution in [-0.2, 0) is 21.9 Å². The summed E-state index contributed by atoms with van der Waals surface area (Å²) in [7, 11) is -3.15. The number of phenols is 1. The minimum atomic E-state index is -4.43. The lowest BCUT2D eigenvalue weighted by atomic mass is 10.0. The predicted molar refractivity (Wildman–Crippen MR) is 129 cm³/mol. The smallest absolute Gasteiger partial charge is 0.416 e. The van der Waals surface area contributed by atoms with Gasteiger partial charge < -0.3 is 16.2 Å². The molecule has 0 radical (unpaired) electrons. The van der Waals surface area contributed by atoms with Gasteiger partial charge in [0.05, 0.1) is 11.3 Å². The third-order valence-corrected chi connectivity index (χ3v) is 6.00. The average Bonchev–Trinajstić information content (AvgIpc) is 2.82. The van der Waals surface area contributed by atoms with Crippen LogP contribution in [-0.4, -0.2) is 31.9 Å². The van der Waals surface area contributed by atoms with Crippen LogP contribution in [0.15, 0.2) is 66.7 Å². The molecule has 3 rings (SSSR count). The quantitative estimate of drug-likeness (QED) is 0.251. The van der Waals surface area contributed by atoms with E-state index in [0.717, 1.165) is 16.4 Å². The van der Waals surface area contributed by atoms with Gasteiger partial charge >= 0.3 is 6.18 Å². The molecule has 0 spiro atoms. The molecule has 0 heterocycles. The number of hydrogen-bond donors (Lipinski definition) is 4. The van der Waals surface area contributed by atoms with E-state index < -0.39 is 34.4 Å². The van der Waals surface area contributed by atoms with Crippen molar-refractivity contribution in [3.8, 4) is 16.9 Å². The van der Waals surface area contributed by atoms with Gasteiger partial charge in [-0.05, 0) is 60.0 Å². The molecule has 0 atom stereocenters. The normalized spacial score (nSPS) is 11.3. The van der Waals surface area contributed by atoms with E-state index in [2.05, 4.69) is 5.32 Å². The zero-order valence-electron chi connectivity index (χ0n) is 18.7. The lowest BCUT2D eigenvalue weighted by molar-refractivity contribution is -0.137. The number of carbonyl (C=O) groups excluding carboxylic acids is 2. The first-order valence-corrected chi connectivity index (χ1v) is 11.7. The van der Waals surface area contributed by atoms with Crippen LogP contribution < -0.4 is 15.4 Å². The predicted octanol–water partition coefficient (Wildman–Crippen LogP) is 3.93. The summed E-state index contributed by atoms with van der Waals surface area (Å²) >= 11 is 0. The van der Waals surface area contributed by atoms with Crippen LogP contribution in [0.3, 0.4) is 0 Å². The molecule has 0 aliphatic rings. The molecule has 3 aromatic rings. The summed E-state index contributed by atoms with van der Waals surface area (Å²) in [5, 5.41) is 12.7. The summed E-state index contributed by atoms with van der Waals surface area (Å²) in [5.41, 5.74) is 5.84. The van der Waals surface area contributed by atoms with Gasteiger partial charge in [0, 0.05) is 24.2 Å². The number of amides is 2. The number of rotatable bonds is 9. The zero-order chi connectivity index (χ0) is 26.5. The van der Waals surface area contributed by atoms with E-state index in [1.807, 2.05) is 0 Å². The molecule has 0 saturated heterocycles. The number of benzene rings is 3. The van der Waals surface area contributed by atoms with E-state index in [4.69, 9.17) is 5.73 Å². The Kier molecular flexibility index (Phi) is 8.20. The van der Waals surface area contributed by atoms with Crippen molar-refractivity contribution in [1.82, 2.24) is 0 Å². The summed E-state index contributed by atoms with van der Waals surface area (Å²) in [4.78, 5) is 23.6. The van der Waals surface area contributed by atoms with E-state index in [9.17, 15) is 36.3 Å². The molecule has 0 saturated carbocycles. The summed E-state index contributed by atoms with van der Waals surface area (Å²) in [6.07, 6.45) is -4.34. The highest BCUT2D eigenvalue weighted by Gasteiger charge is 2.30. The third-order valence-electron chi connectivity index (χ3n) is 5.19. The van der Waals surface area contributed by atoms with Crippen LogP contribution in [0.5, 0.6) is 5.75 Å². The largest absolute Gasteiger partial charge is 0.506 e. The molecule has 190 valence electrons. The number of hydrogen-bond acceptors (Lipinski definition) is 5. The van der Waals surface area contributed by atoms with Crippen molar-refractivity contribution >= 4 is 34.1 Å². The van der Waals surface area contributed by atoms with Crippen molar-refractivity contribution in [2.75, 3.05) is 16.2 Å². The van der Waals surface area contributed by atoms with Gasteiger partial charge in [-0.2, -0.15) is 13.2 Å². The molecule has 0 aliphatic carbocycles. The molecule has 0 bridgehead atoms. The zero-order valence-corrected chi connectivity index (χ0v) is 19.6. The SMILES string of the molecule is NC(=O)CCCN(c1cc(NC(=O)c2ccc(-c3ccc(C(F)(F)F)cc3)cc2)ccc1O)[SH](=O)=O. The number of carbonyl (C=O) groups is 2. The number of primary amides is 1. The first kappa shape index (κ1) is 26.5. The van der Waals surface area contributed by atoms with E-state index >= 15 is 0 Å². The molecule has 2 amide bonds. The van der Waals surface area contributed by atoms with E-state index in [0.29, 0.717) is 11.1 Å². The van der Waals surface area contributed by atoms with Crippen molar-refractivity contribution in [3.05, 3.63) is 77.9 Å². The van der Waals surface area contributed by atoms with Crippen LogP contribution in [0.25, 0.3) is 11.1 Å². The molecule has 0 fully saturated rings. The maximum Gasteiger partial charge on any atom is 0.416 e. The van der Waals surface area contributed by atoms with Crippen LogP contribution in [0.4, 0.5) is 24.5 Å². The number of alkyl halides is 3. The number of anilines is 2. The summed E-state index contributed by atoms with van der Waals surface area (Å²) in [5.74, 6) is -1.46. The van der Waals surface area contributed by atoms with Gasteiger partial charge in [0.2, 0.25) is 16.8 Å². The number of thiol groups is 1. The highest BCUT2D eigenvalue weighted by atomic mass is 32.2. The third kappa shape index (κ3) is 6.75. The molecule has 12 heteroatoms. The summed E-state index contributed by atoms with van der Waals surface area (Å²) in [6, 6.07) is 14.7. The van der Waals surface area contributed by atoms with E-state index in [1.54, 1.807) is 12.1 Å². The van der Waals surface area contributed by atoms with Crippen LogP contribution in [0, 0.1) is 0 Å². The second kappa shape index (κ2) is 11.1. The Morgan fingerprint density at radius 2 is 1.53 bits per heavy atom. The standard InChI is InChI=1S/C24H22F3N3O5S/c25-24(26,27)18-9-7-16(8-10-18)15-3-5-17(6-4-15)23(33)29-19-11-12-21(31)20(14-19)30(36(34)35)13-1-2-22(28)32/h3-12,14,31,36H,1-2,13H2,(H2,28,32)(H,29,33). The van der Waals surface area contributed by atoms with Crippen molar-refractivity contribution in [2.24, 2.45) is 5.73 Å².